The van der Waals surface area contributed by atoms with E-state index < -0.39 is 0 Å². The van der Waals surface area contributed by atoms with Gasteiger partial charge in [0.25, 0.3) is 0 Å². The lowest BCUT2D eigenvalue weighted by molar-refractivity contribution is -0.0165. The van der Waals surface area contributed by atoms with Gasteiger partial charge < -0.3 is 4.74 Å². The number of thiophene rings is 1. The van der Waals surface area contributed by atoms with Crippen molar-refractivity contribution in [2.75, 3.05) is 0 Å². The molecule has 0 aliphatic carbocycles. The van der Waals surface area contributed by atoms with E-state index in [-0.39, 0.29) is 18.1 Å². The molecule has 3 aromatic rings. The Morgan fingerprint density at radius 2 is 2.00 bits per heavy atom. The third-order valence-corrected chi connectivity index (χ3v) is 5.85. The Bertz CT molecular complexity index is 988. The van der Waals surface area contributed by atoms with Gasteiger partial charge in [0.05, 0.1) is 16.6 Å². The first-order chi connectivity index (χ1) is 12.7. The van der Waals surface area contributed by atoms with Crippen LogP contribution in [-0.4, -0.2) is 10.7 Å². The number of benzene rings is 2. The summed E-state index contributed by atoms with van der Waals surface area (Å²) in [6.07, 6.45) is 0.455. The van der Waals surface area contributed by atoms with Crippen LogP contribution in [0.1, 0.15) is 34.7 Å². The fourth-order valence-corrected chi connectivity index (χ4v) is 4.42. The molecule has 0 spiro atoms. The summed E-state index contributed by atoms with van der Waals surface area (Å²) in [4.78, 5) is 1.10. The standard InChI is InChI=1S/C20H14ClFN2OS/c21-13-5-8-18-15(10-13)17-11-16(12-3-6-14(22)7-4-12)23-24(17)20(25-18)19-2-1-9-26-19/h1-10,17,20H,11H2/t17-,20+/m0/s1. The molecule has 0 radical (unpaired) electrons. The van der Waals surface area contributed by atoms with Crippen molar-refractivity contribution in [2.45, 2.75) is 18.7 Å². The molecule has 0 saturated heterocycles. The summed E-state index contributed by atoms with van der Waals surface area (Å²) in [6, 6.07) is 16.3. The van der Waals surface area contributed by atoms with E-state index in [4.69, 9.17) is 21.4 Å². The molecule has 5 rings (SSSR count). The first kappa shape index (κ1) is 15.9. The lowest BCUT2D eigenvalue weighted by Gasteiger charge is -2.37. The van der Waals surface area contributed by atoms with E-state index in [1.54, 1.807) is 23.5 Å². The third kappa shape index (κ3) is 2.59. The summed E-state index contributed by atoms with van der Waals surface area (Å²) in [5.41, 5.74) is 2.88. The Balaban J connectivity index is 1.60. The van der Waals surface area contributed by atoms with Crippen LogP contribution >= 0.6 is 22.9 Å². The van der Waals surface area contributed by atoms with Crippen molar-refractivity contribution >= 4 is 28.6 Å². The van der Waals surface area contributed by atoms with Crippen molar-refractivity contribution in [3.63, 3.8) is 0 Å². The Morgan fingerprint density at radius 1 is 1.15 bits per heavy atom. The second-order valence-corrected chi connectivity index (χ2v) is 7.74. The average Bonchev–Trinajstić information content (AvgIpc) is 3.32. The zero-order chi connectivity index (χ0) is 17.7. The van der Waals surface area contributed by atoms with Gasteiger partial charge in [-0.05, 0) is 47.3 Å². The predicted octanol–water partition coefficient (Wildman–Crippen LogP) is 5.78. The Kier molecular flexibility index (Phi) is 3.72. The van der Waals surface area contributed by atoms with E-state index in [0.29, 0.717) is 5.02 Å². The number of hydrogen-bond donors (Lipinski definition) is 0. The molecular formula is C20H14ClFN2OS. The maximum Gasteiger partial charge on any atom is 0.222 e. The summed E-state index contributed by atoms with van der Waals surface area (Å²) < 4.78 is 19.5. The number of rotatable bonds is 2. The molecule has 26 heavy (non-hydrogen) atoms. The van der Waals surface area contributed by atoms with Gasteiger partial charge >= 0.3 is 0 Å². The van der Waals surface area contributed by atoms with Gasteiger partial charge in [0.15, 0.2) is 0 Å². The summed E-state index contributed by atoms with van der Waals surface area (Å²) in [5.74, 6) is 0.589. The third-order valence-electron chi connectivity index (χ3n) is 4.72. The second-order valence-electron chi connectivity index (χ2n) is 6.32. The number of ether oxygens (including phenoxy) is 1. The zero-order valence-electron chi connectivity index (χ0n) is 13.6. The van der Waals surface area contributed by atoms with Crippen LogP contribution < -0.4 is 4.74 Å². The fourth-order valence-electron chi connectivity index (χ4n) is 3.49. The first-order valence-corrected chi connectivity index (χ1v) is 9.56. The molecule has 6 heteroatoms. The highest BCUT2D eigenvalue weighted by atomic mass is 35.5. The van der Waals surface area contributed by atoms with E-state index in [9.17, 15) is 4.39 Å². The molecule has 0 unspecified atom stereocenters. The molecule has 1 aromatic heterocycles. The highest BCUT2D eigenvalue weighted by Gasteiger charge is 2.41. The Hall–Kier alpha value is -2.37. The van der Waals surface area contributed by atoms with Crippen molar-refractivity contribution in [2.24, 2.45) is 5.10 Å². The van der Waals surface area contributed by atoms with Gasteiger partial charge in [-0.25, -0.2) is 9.40 Å². The van der Waals surface area contributed by atoms with E-state index in [2.05, 4.69) is 6.07 Å². The van der Waals surface area contributed by atoms with Crippen LogP contribution in [0.2, 0.25) is 5.02 Å². The molecule has 2 aliphatic heterocycles. The molecule has 2 aromatic carbocycles. The highest BCUT2D eigenvalue weighted by Crippen LogP contribution is 2.48. The quantitative estimate of drug-likeness (QED) is 0.559. The van der Waals surface area contributed by atoms with Crippen LogP contribution in [0.25, 0.3) is 0 Å². The number of hydrogen-bond acceptors (Lipinski definition) is 4. The number of halogens is 2. The van der Waals surface area contributed by atoms with Crippen molar-refractivity contribution in [1.29, 1.82) is 0 Å². The minimum Gasteiger partial charge on any atom is -0.464 e. The average molecular weight is 385 g/mol. The van der Waals surface area contributed by atoms with Crippen molar-refractivity contribution in [3.05, 3.63) is 86.8 Å². The maximum atomic E-state index is 13.3. The number of fused-ring (bicyclic) bond motifs is 3. The first-order valence-electron chi connectivity index (χ1n) is 8.30. The van der Waals surface area contributed by atoms with Gasteiger partial charge in [0.2, 0.25) is 6.23 Å². The summed E-state index contributed by atoms with van der Waals surface area (Å²) in [6.45, 7) is 0. The molecule has 0 N–H and O–H groups in total. The topological polar surface area (TPSA) is 24.8 Å². The fraction of sp³-hybridized carbons (Fsp3) is 0.150. The Labute approximate surface area is 159 Å². The zero-order valence-corrected chi connectivity index (χ0v) is 15.2. The molecule has 0 amide bonds. The van der Waals surface area contributed by atoms with Crippen molar-refractivity contribution < 1.29 is 9.13 Å². The summed E-state index contributed by atoms with van der Waals surface area (Å²) >= 11 is 7.87. The van der Waals surface area contributed by atoms with E-state index in [1.165, 1.54) is 12.1 Å². The maximum absolute atomic E-state index is 13.3. The van der Waals surface area contributed by atoms with E-state index >= 15 is 0 Å². The van der Waals surface area contributed by atoms with E-state index in [0.717, 1.165) is 33.9 Å². The molecule has 0 bridgehead atoms. The minimum absolute atomic E-state index is 0.0459. The molecule has 2 aliphatic rings. The second kappa shape index (κ2) is 6.11. The molecule has 0 saturated carbocycles. The van der Waals surface area contributed by atoms with Crippen LogP contribution in [0.4, 0.5) is 4.39 Å². The molecular weight excluding hydrogens is 371 g/mol. The molecule has 3 nitrogen and oxygen atoms in total. The summed E-state index contributed by atoms with van der Waals surface area (Å²) in [7, 11) is 0. The van der Waals surface area contributed by atoms with Gasteiger partial charge in [-0.2, -0.15) is 5.10 Å². The van der Waals surface area contributed by atoms with Gasteiger partial charge in [-0.15, -0.1) is 11.3 Å². The van der Waals surface area contributed by atoms with Gasteiger partial charge in [-0.1, -0.05) is 29.8 Å². The SMILES string of the molecule is Fc1ccc(C2=NN3[C@@H](c4cccs4)Oc4ccc(Cl)cc4[C@@H]3C2)cc1. The van der Waals surface area contributed by atoms with E-state index in [1.807, 2.05) is 34.7 Å². The lowest BCUT2D eigenvalue weighted by atomic mass is 9.96. The van der Waals surface area contributed by atoms with Crippen molar-refractivity contribution in [1.82, 2.24) is 5.01 Å². The smallest absolute Gasteiger partial charge is 0.222 e. The van der Waals surface area contributed by atoms with Crippen LogP contribution in [0, 0.1) is 5.82 Å². The van der Waals surface area contributed by atoms with Crippen LogP contribution in [0.5, 0.6) is 5.75 Å². The lowest BCUT2D eigenvalue weighted by Crippen LogP contribution is -2.33. The monoisotopic (exact) mass is 384 g/mol. The normalized spacial score (nSPS) is 21.0. The van der Waals surface area contributed by atoms with Gasteiger partial charge in [0.1, 0.15) is 11.6 Å². The summed E-state index contributed by atoms with van der Waals surface area (Å²) in [5, 5.41) is 9.56. The molecule has 2 atom stereocenters. The Morgan fingerprint density at radius 3 is 2.77 bits per heavy atom. The van der Waals surface area contributed by atoms with Gasteiger partial charge in [0, 0.05) is 17.0 Å². The molecule has 0 fully saturated rings. The van der Waals surface area contributed by atoms with Crippen LogP contribution in [0.15, 0.2) is 65.1 Å². The number of nitrogens with zero attached hydrogens (tertiary/aromatic N) is 2. The molecule has 3 heterocycles. The van der Waals surface area contributed by atoms with Crippen molar-refractivity contribution in [3.8, 4) is 5.75 Å². The minimum atomic E-state index is -0.272. The van der Waals surface area contributed by atoms with Gasteiger partial charge in [-0.3, -0.25) is 0 Å². The highest BCUT2D eigenvalue weighted by molar-refractivity contribution is 7.10. The van der Waals surface area contributed by atoms with Crippen LogP contribution in [-0.2, 0) is 0 Å². The molecule has 130 valence electrons. The largest absolute Gasteiger partial charge is 0.464 e. The van der Waals surface area contributed by atoms with Crippen LogP contribution in [0.3, 0.4) is 0 Å². The predicted molar refractivity (Wildman–Crippen MR) is 101 cm³/mol. The number of hydrazone groups is 1.